The molecule has 0 bridgehead atoms. The number of thioether (sulfide) groups is 1. The van der Waals surface area contributed by atoms with Gasteiger partial charge in [-0.25, -0.2) is 0 Å². The number of carbonyl (C=O) groups excluding carboxylic acids is 1. The predicted molar refractivity (Wildman–Crippen MR) is 126 cm³/mol. The van der Waals surface area contributed by atoms with Gasteiger partial charge in [0.25, 0.3) is 5.22 Å². The van der Waals surface area contributed by atoms with Gasteiger partial charge in [0.2, 0.25) is 11.8 Å². The number of hydrogen-bond donors (Lipinski definition) is 1. The van der Waals surface area contributed by atoms with Crippen LogP contribution in [-0.2, 0) is 4.79 Å². The lowest BCUT2D eigenvalue weighted by Gasteiger charge is -2.21. The monoisotopic (exact) mass is 493 g/mol. The van der Waals surface area contributed by atoms with Crippen LogP contribution in [0.5, 0.6) is 0 Å². The van der Waals surface area contributed by atoms with E-state index in [0.717, 1.165) is 21.2 Å². The Bertz CT molecular complexity index is 1090. The predicted octanol–water partition coefficient (Wildman–Crippen LogP) is 5.89. The van der Waals surface area contributed by atoms with Crippen molar-refractivity contribution in [1.29, 1.82) is 0 Å². The smallest absolute Gasteiger partial charge is 0.277 e. The van der Waals surface area contributed by atoms with Crippen molar-refractivity contribution >= 4 is 33.6 Å². The largest absolute Gasteiger partial charge is 0.411 e. The van der Waals surface area contributed by atoms with Gasteiger partial charge in [0.05, 0.1) is 11.3 Å². The summed E-state index contributed by atoms with van der Waals surface area (Å²) in [6, 6.07) is 27.2. The molecule has 156 valence electrons. The Kier molecular flexibility index (Phi) is 6.84. The van der Waals surface area contributed by atoms with Crippen molar-refractivity contribution in [3.63, 3.8) is 0 Å². The third kappa shape index (κ3) is 5.42. The Morgan fingerprint density at radius 3 is 2.06 bits per heavy atom. The topological polar surface area (TPSA) is 68.0 Å². The molecule has 31 heavy (non-hydrogen) atoms. The summed E-state index contributed by atoms with van der Waals surface area (Å²) >= 11 is 4.65. The normalized spacial score (nSPS) is 12.0. The molecule has 4 rings (SSSR count). The molecule has 0 aliphatic carbocycles. The summed E-state index contributed by atoms with van der Waals surface area (Å²) < 4.78 is 6.72. The summed E-state index contributed by atoms with van der Waals surface area (Å²) in [5.74, 6) is 0.320. The molecule has 0 saturated carbocycles. The highest BCUT2D eigenvalue weighted by molar-refractivity contribution is 9.10. The molecular formula is C24H20BrN3O2S. The van der Waals surface area contributed by atoms with E-state index in [9.17, 15) is 4.79 Å². The summed E-state index contributed by atoms with van der Waals surface area (Å²) in [6.07, 6.45) is 0. The van der Waals surface area contributed by atoms with Crippen LogP contribution in [0.3, 0.4) is 0 Å². The molecule has 0 aliphatic rings. The second-order valence-electron chi connectivity index (χ2n) is 6.90. The molecule has 4 aromatic rings. The fourth-order valence-corrected chi connectivity index (χ4v) is 4.04. The Balaban J connectivity index is 1.46. The minimum absolute atomic E-state index is 0.105. The van der Waals surface area contributed by atoms with Gasteiger partial charge in [-0.05, 0) is 42.3 Å². The number of aromatic nitrogens is 2. The number of nitrogens with one attached hydrogen (secondary N) is 1. The molecular weight excluding hydrogens is 474 g/mol. The first-order valence-electron chi connectivity index (χ1n) is 9.76. The maximum Gasteiger partial charge on any atom is 0.277 e. The lowest BCUT2D eigenvalue weighted by Crippen LogP contribution is -2.34. The molecule has 3 aromatic carbocycles. The molecule has 1 amide bonds. The van der Waals surface area contributed by atoms with Gasteiger partial charge in [0.1, 0.15) is 0 Å². The Hall–Kier alpha value is -2.90. The van der Waals surface area contributed by atoms with Crippen molar-refractivity contribution < 1.29 is 9.21 Å². The lowest BCUT2D eigenvalue weighted by molar-refractivity contribution is -0.120. The average molecular weight is 494 g/mol. The van der Waals surface area contributed by atoms with Crippen LogP contribution < -0.4 is 5.32 Å². The first-order valence-corrected chi connectivity index (χ1v) is 11.4. The molecule has 0 spiro atoms. The van der Waals surface area contributed by atoms with E-state index in [1.807, 2.05) is 91.9 Å². The van der Waals surface area contributed by atoms with Crippen LogP contribution in [-0.4, -0.2) is 21.4 Å². The van der Waals surface area contributed by atoms with Crippen LogP contribution in [0.4, 0.5) is 0 Å². The fraction of sp³-hybridized carbons (Fsp3) is 0.125. The molecule has 0 aliphatic heterocycles. The van der Waals surface area contributed by atoms with Gasteiger partial charge in [-0.1, -0.05) is 88.4 Å². The van der Waals surface area contributed by atoms with E-state index in [4.69, 9.17) is 4.42 Å². The maximum atomic E-state index is 13.0. The quantitative estimate of drug-likeness (QED) is 0.325. The molecule has 1 atom stereocenters. The van der Waals surface area contributed by atoms with Crippen molar-refractivity contribution in [2.75, 3.05) is 0 Å². The lowest BCUT2D eigenvalue weighted by atomic mass is 9.98. The molecule has 0 radical (unpaired) electrons. The SMILES string of the molecule is CC(Sc1nnc(-c2ccc(Br)cc2)o1)C(=O)NC(c1ccccc1)c1ccccc1. The highest BCUT2D eigenvalue weighted by atomic mass is 79.9. The Morgan fingerprint density at radius 1 is 0.903 bits per heavy atom. The molecule has 5 nitrogen and oxygen atoms in total. The number of carbonyl (C=O) groups is 1. The molecule has 1 N–H and O–H groups in total. The van der Waals surface area contributed by atoms with Crippen LogP contribution in [0, 0.1) is 0 Å². The first kappa shape index (κ1) is 21.3. The summed E-state index contributed by atoms with van der Waals surface area (Å²) in [6.45, 7) is 1.83. The van der Waals surface area contributed by atoms with Crippen molar-refractivity contribution in [3.8, 4) is 11.5 Å². The summed E-state index contributed by atoms with van der Waals surface area (Å²) in [5, 5.41) is 11.3. The average Bonchev–Trinajstić information content (AvgIpc) is 3.27. The van der Waals surface area contributed by atoms with Gasteiger partial charge in [0.15, 0.2) is 0 Å². The molecule has 0 fully saturated rings. The van der Waals surface area contributed by atoms with Gasteiger partial charge < -0.3 is 9.73 Å². The van der Waals surface area contributed by atoms with Gasteiger partial charge in [0, 0.05) is 10.0 Å². The van der Waals surface area contributed by atoms with Crippen LogP contribution in [0.25, 0.3) is 11.5 Å². The number of benzene rings is 3. The maximum absolute atomic E-state index is 13.0. The second kappa shape index (κ2) is 9.94. The van der Waals surface area contributed by atoms with Crippen molar-refractivity contribution in [1.82, 2.24) is 15.5 Å². The highest BCUT2D eigenvalue weighted by Crippen LogP contribution is 2.28. The standard InChI is InChI=1S/C24H20BrN3O2S/c1-16(31-24-28-27-23(30-24)19-12-14-20(25)15-13-19)22(29)26-21(17-8-4-2-5-9-17)18-10-6-3-7-11-18/h2-16,21H,1H3,(H,26,29). The van der Waals surface area contributed by atoms with E-state index in [0.29, 0.717) is 11.1 Å². The van der Waals surface area contributed by atoms with E-state index in [-0.39, 0.29) is 11.9 Å². The number of nitrogens with zero attached hydrogens (tertiary/aromatic N) is 2. The van der Waals surface area contributed by atoms with Gasteiger partial charge in [-0.2, -0.15) is 0 Å². The van der Waals surface area contributed by atoms with Gasteiger partial charge >= 0.3 is 0 Å². The first-order chi connectivity index (χ1) is 15.1. The summed E-state index contributed by atoms with van der Waals surface area (Å²) in [4.78, 5) is 13.0. The fourth-order valence-electron chi connectivity index (χ4n) is 3.08. The van der Waals surface area contributed by atoms with Gasteiger partial charge in [-0.3, -0.25) is 4.79 Å². The third-order valence-electron chi connectivity index (χ3n) is 4.70. The van der Waals surface area contributed by atoms with Crippen LogP contribution >= 0.6 is 27.7 Å². The van der Waals surface area contributed by atoms with Crippen molar-refractivity contribution in [2.45, 2.75) is 23.4 Å². The zero-order valence-electron chi connectivity index (χ0n) is 16.7. The van der Waals surface area contributed by atoms with E-state index in [1.165, 1.54) is 11.8 Å². The summed E-state index contributed by atoms with van der Waals surface area (Å²) in [7, 11) is 0. The van der Waals surface area contributed by atoms with Crippen LogP contribution in [0.2, 0.25) is 0 Å². The molecule has 1 unspecified atom stereocenters. The van der Waals surface area contributed by atoms with E-state index in [2.05, 4.69) is 31.4 Å². The van der Waals surface area contributed by atoms with Crippen LogP contribution in [0.15, 0.2) is 99.0 Å². The minimum Gasteiger partial charge on any atom is -0.411 e. The Labute approximate surface area is 193 Å². The number of amides is 1. The van der Waals surface area contributed by atoms with E-state index in [1.54, 1.807) is 0 Å². The van der Waals surface area contributed by atoms with Crippen molar-refractivity contribution in [2.24, 2.45) is 0 Å². The zero-order chi connectivity index (χ0) is 21.6. The van der Waals surface area contributed by atoms with E-state index >= 15 is 0 Å². The zero-order valence-corrected chi connectivity index (χ0v) is 19.1. The molecule has 1 aromatic heterocycles. The Morgan fingerprint density at radius 2 is 1.48 bits per heavy atom. The molecule has 1 heterocycles. The second-order valence-corrected chi connectivity index (χ2v) is 9.11. The number of hydrogen-bond acceptors (Lipinski definition) is 5. The molecule has 7 heteroatoms. The third-order valence-corrected chi connectivity index (χ3v) is 6.16. The summed E-state index contributed by atoms with van der Waals surface area (Å²) in [5.41, 5.74) is 2.87. The number of halogens is 1. The van der Waals surface area contributed by atoms with Crippen molar-refractivity contribution in [3.05, 3.63) is 101 Å². The minimum atomic E-state index is -0.409. The number of rotatable bonds is 7. The molecule has 0 saturated heterocycles. The highest BCUT2D eigenvalue weighted by Gasteiger charge is 2.23. The van der Waals surface area contributed by atoms with Gasteiger partial charge in [-0.15, -0.1) is 10.2 Å². The van der Waals surface area contributed by atoms with E-state index < -0.39 is 5.25 Å². The van der Waals surface area contributed by atoms with Crippen LogP contribution in [0.1, 0.15) is 24.1 Å².